The van der Waals surface area contributed by atoms with Crippen LogP contribution in [-0.4, -0.2) is 26.5 Å². The molecule has 0 aliphatic rings. The first-order valence-electron chi connectivity index (χ1n) is 6.24. The highest BCUT2D eigenvalue weighted by atomic mass is 79.9. The smallest absolute Gasteiger partial charge is 0.182 e. The molecular formula is C16H16BrNO2. The van der Waals surface area contributed by atoms with E-state index < -0.39 is 0 Å². The van der Waals surface area contributed by atoms with E-state index in [1.54, 1.807) is 7.11 Å². The van der Waals surface area contributed by atoms with Crippen LogP contribution in [0, 0.1) is 0 Å². The minimum absolute atomic E-state index is 0.0934. The van der Waals surface area contributed by atoms with Crippen LogP contribution >= 0.6 is 15.9 Å². The number of carbonyl (C=O) groups is 1. The molecule has 0 heterocycles. The SMILES string of the molecule is COc1ccc(N(C)CC(=O)c2ccc(Br)cc2)cc1. The van der Waals surface area contributed by atoms with Crippen LogP contribution in [0.2, 0.25) is 0 Å². The molecule has 0 amide bonds. The van der Waals surface area contributed by atoms with Gasteiger partial charge in [0.05, 0.1) is 13.7 Å². The van der Waals surface area contributed by atoms with Gasteiger partial charge in [0.25, 0.3) is 0 Å². The number of carbonyl (C=O) groups excluding carboxylic acids is 1. The average molecular weight is 334 g/mol. The van der Waals surface area contributed by atoms with E-state index in [0.717, 1.165) is 15.9 Å². The number of ether oxygens (including phenoxy) is 1. The van der Waals surface area contributed by atoms with Crippen LogP contribution in [0.4, 0.5) is 5.69 Å². The zero-order chi connectivity index (χ0) is 14.5. The molecule has 0 unspecified atom stereocenters. The van der Waals surface area contributed by atoms with Crippen molar-refractivity contribution < 1.29 is 9.53 Å². The lowest BCUT2D eigenvalue weighted by atomic mass is 10.1. The molecule has 0 radical (unpaired) electrons. The number of methoxy groups -OCH3 is 1. The Kier molecular flexibility index (Phi) is 4.79. The van der Waals surface area contributed by atoms with Crippen LogP contribution in [0.3, 0.4) is 0 Å². The normalized spacial score (nSPS) is 10.2. The van der Waals surface area contributed by atoms with Gasteiger partial charge in [-0.1, -0.05) is 28.1 Å². The quantitative estimate of drug-likeness (QED) is 0.780. The zero-order valence-electron chi connectivity index (χ0n) is 11.5. The summed E-state index contributed by atoms with van der Waals surface area (Å²) >= 11 is 3.36. The molecule has 0 saturated heterocycles. The van der Waals surface area contributed by atoms with Crippen molar-refractivity contribution in [2.45, 2.75) is 0 Å². The van der Waals surface area contributed by atoms with Gasteiger partial charge < -0.3 is 9.64 Å². The van der Waals surface area contributed by atoms with Gasteiger partial charge in [0.15, 0.2) is 5.78 Å². The van der Waals surface area contributed by atoms with E-state index in [9.17, 15) is 4.79 Å². The van der Waals surface area contributed by atoms with Crippen molar-refractivity contribution in [3.05, 3.63) is 58.6 Å². The molecule has 0 fully saturated rings. The molecule has 104 valence electrons. The maximum atomic E-state index is 12.2. The summed E-state index contributed by atoms with van der Waals surface area (Å²) in [6, 6.07) is 15.1. The predicted octanol–water partition coefficient (Wildman–Crippen LogP) is 3.78. The number of ketones is 1. The van der Waals surface area contributed by atoms with Gasteiger partial charge >= 0.3 is 0 Å². The highest BCUT2D eigenvalue weighted by Crippen LogP contribution is 2.18. The van der Waals surface area contributed by atoms with Crippen molar-refractivity contribution in [2.24, 2.45) is 0 Å². The summed E-state index contributed by atoms with van der Waals surface area (Å²) in [5.41, 5.74) is 1.70. The molecule has 0 aliphatic heterocycles. The number of rotatable bonds is 5. The topological polar surface area (TPSA) is 29.5 Å². The van der Waals surface area contributed by atoms with Crippen molar-refractivity contribution in [3.8, 4) is 5.75 Å². The molecule has 2 aromatic rings. The Hall–Kier alpha value is -1.81. The predicted molar refractivity (Wildman–Crippen MR) is 84.7 cm³/mol. The first kappa shape index (κ1) is 14.6. The molecule has 0 N–H and O–H groups in total. The van der Waals surface area contributed by atoms with Gasteiger partial charge in [0.1, 0.15) is 5.75 Å². The van der Waals surface area contributed by atoms with Crippen LogP contribution in [0.1, 0.15) is 10.4 Å². The lowest BCUT2D eigenvalue weighted by Gasteiger charge is -2.18. The molecular weight excluding hydrogens is 318 g/mol. The maximum Gasteiger partial charge on any atom is 0.182 e. The fourth-order valence-corrected chi connectivity index (χ4v) is 2.13. The second-order valence-corrected chi connectivity index (χ2v) is 5.40. The van der Waals surface area contributed by atoms with Crippen molar-refractivity contribution >= 4 is 27.4 Å². The Labute approximate surface area is 127 Å². The van der Waals surface area contributed by atoms with Gasteiger partial charge in [-0.2, -0.15) is 0 Å². The molecule has 4 heteroatoms. The van der Waals surface area contributed by atoms with Crippen molar-refractivity contribution in [1.29, 1.82) is 0 Å². The summed E-state index contributed by atoms with van der Waals surface area (Å²) in [6.07, 6.45) is 0. The second-order valence-electron chi connectivity index (χ2n) is 4.48. The van der Waals surface area contributed by atoms with E-state index in [0.29, 0.717) is 12.1 Å². The highest BCUT2D eigenvalue weighted by Gasteiger charge is 2.10. The molecule has 0 aromatic heterocycles. The summed E-state index contributed by atoms with van der Waals surface area (Å²) in [6.45, 7) is 0.341. The minimum atomic E-state index is 0.0934. The van der Waals surface area contributed by atoms with Crippen molar-refractivity contribution in [1.82, 2.24) is 0 Å². The second kappa shape index (κ2) is 6.57. The molecule has 0 saturated carbocycles. The van der Waals surface area contributed by atoms with E-state index in [-0.39, 0.29) is 5.78 Å². The Balaban J connectivity index is 2.04. The Morgan fingerprint density at radius 2 is 1.70 bits per heavy atom. The van der Waals surface area contributed by atoms with Crippen LogP contribution in [0.25, 0.3) is 0 Å². The third kappa shape index (κ3) is 3.61. The van der Waals surface area contributed by atoms with E-state index in [1.165, 1.54) is 0 Å². The number of likely N-dealkylation sites (N-methyl/N-ethyl adjacent to an activating group) is 1. The first-order chi connectivity index (χ1) is 9.60. The van der Waals surface area contributed by atoms with E-state index in [2.05, 4.69) is 15.9 Å². The summed E-state index contributed by atoms with van der Waals surface area (Å²) < 4.78 is 6.09. The zero-order valence-corrected chi connectivity index (χ0v) is 13.1. The van der Waals surface area contributed by atoms with Gasteiger partial charge in [0, 0.05) is 22.8 Å². The monoisotopic (exact) mass is 333 g/mol. The number of Topliss-reactive ketones (excluding diaryl/α,β-unsaturated/α-hetero) is 1. The molecule has 2 rings (SSSR count). The largest absolute Gasteiger partial charge is 0.497 e. The fourth-order valence-electron chi connectivity index (χ4n) is 1.87. The average Bonchev–Trinajstić information content (AvgIpc) is 2.48. The molecule has 0 spiro atoms. The molecule has 2 aromatic carbocycles. The minimum Gasteiger partial charge on any atom is -0.497 e. The molecule has 20 heavy (non-hydrogen) atoms. The summed E-state index contributed by atoms with van der Waals surface area (Å²) in [5.74, 6) is 0.900. The number of benzene rings is 2. The fraction of sp³-hybridized carbons (Fsp3) is 0.188. The standard InChI is InChI=1S/C16H16BrNO2/c1-18(14-7-9-15(20-2)10-8-14)11-16(19)12-3-5-13(17)6-4-12/h3-10H,11H2,1-2H3. The van der Waals surface area contributed by atoms with Gasteiger partial charge in [0.2, 0.25) is 0 Å². The maximum absolute atomic E-state index is 12.2. The Morgan fingerprint density at radius 3 is 2.25 bits per heavy atom. The number of anilines is 1. The van der Waals surface area contributed by atoms with Gasteiger partial charge in [-0.05, 0) is 36.4 Å². The third-order valence-corrected chi connectivity index (χ3v) is 3.59. The highest BCUT2D eigenvalue weighted by molar-refractivity contribution is 9.10. The number of hydrogen-bond acceptors (Lipinski definition) is 3. The van der Waals surface area contributed by atoms with E-state index >= 15 is 0 Å². The lowest BCUT2D eigenvalue weighted by molar-refractivity contribution is 0.100. The molecule has 3 nitrogen and oxygen atoms in total. The van der Waals surface area contributed by atoms with Crippen LogP contribution < -0.4 is 9.64 Å². The Bertz CT molecular complexity index is 578. The summed E-state index contributed by atoms with van der Waals surface area (Å²) in [5, 5.41) is 0. The summed E-state index contributed by atoms with van der Waals surface area (Å²) in [7, 11) is 3.54. The van der Waals surface area contributed by atoms with Crippen LogP contribution in [-0.2, 0) is 0 Å². The number of halogens is 1. The Morgan fingerprint density at radius 1 is 1.10 bits per heavy atom. The van der Waals surface area contributed by atoms with Gasteiger partial charge in [-0.25, -0.2) is 0 Å². The number of hydrogen-bond donors (Lipinski definition) is 0. The molecule has 0 atom stereocenters. The van der Waals surface area contributed by atoms with Crippen LogP contribution in [0.15, 0.2) is 53.0 Å². The van der Waals surface area contributed by atoms with E-state index in [1.807, 2.05) is 60.5 Å². The lowest BCUT2D eigenvalue weighted by Crippen LogP contribution is -2.25. The van der Waals surface area contributed by atoms with Crippen LogP contribution in [0.5, 0.6) is 5.75 Å². The number of nitrogens with zero attached hydrogens (tertiary/aromatic N) is 1. The third-order valence-electron chi connectivity index (χ3n) is 3.06. The summed E-state index contributed by atoms with van der Waals surface area (Å²) in [4.78, 5) is 14.1. The van der Waals surface area contributed by atoms with Gasteiger partial charge in [-0.15, -0.1) is 0 Å². The van der Waals surface area contributed by atoms with Crippen molar-refractivity contribution in [2.75, 3.05) is 25.6 Å². The molecule has 0 aliphatic carbocycles. The van der Waals surface area contributed by atoms with E-state index in [4.69, 9.17) is 4.74 Å². The van der Waals surface area contributed by atoms with Gasteiger partial charge in [-0.3, -0.25) is 4.79 Å². The first-order valence-corrected chi connectivity index (χ1v) is 7.03. The van der Waals surface area contributed by atoms with Crippen molar-refractivity contribution in [3.63, 3.8) is 0 Å². The molecule has 0 bridgehead atoms.